The summed E-state index contributed by atoms with van der Waals surface area (Å²) in [7, 11) is 0. The molecular weight excluding hydrogens is 411 g/mol. The summed E-state index contributed by atoms with van der Waals surface area (Å²) in [6.07, 6.45) is 0.361. The molecule has 3 aromatic heterocycles. The molecule has 4 heterocycles. The largest absolute Gasteiger partial charge is 0.417 e. The summed E-state index contributed by atoms with van der Waals surface area (Å²) in [5.41, 5.74) is -0.228. The van der Waals surface area contributed by atoms with Crippen LogP contribution in [-0.2, 0) is 23.9 Å². The van der Waals surface area contributed by atoms with Gasteiger partial charge in [-0.05, 0) is 31.4 Å². The molecule has 1 aliphatic rings. The summed E-state index contributed by atoms with van der Waals surface area (Å²) < 4.78 is 48.1. The van der Waals surface area contributed by atoms with Gasteiger partial charge in [0.15, 0.2) is 0 Å². The first kappa shape index (κ1) is 21.3. The number of aryl methyl sites for hydroxylation is 1. The van der Waals surface area contributed by atoms with E-state index in [1.165, 1.54) is 0 Å². The first-order chi connectivity index (χ1) is 14.8. The number of hydrogen-bond acceptors (Lipinski definition) is 5. The highest BCUT2D eigenvalue weighted by Gasteiger charge is 2.38. The van der Waals surface area contributed by atoms with Gasteiger partial charge in [0, 0.05) is 37.1 Å². The number of halogens is 3. The number of hydrogen-bond donors (Lipinski definition) is 0. The third-order valence-corrected chi connectivity index (χ3v) is 5.83. The van der Waals surface area contributed by atoms with Crippen LogP contribution in [0.4, 0.5) is 13.2 Å². The number of pyridine rings is 1. The Morgan fingerprint density at radius 1 is 1.32 bits per heavy atom. The molecule has 4 rings (SSSR count). The quantitative estimate of drug-likeness (QED) is 0.605. The maximum atomic E-state index is 13.7. The normalized spacial score (nSPS) is 16.7. The van der Waals surface area contributed by atoms with Gasteiger partial charge in [0.2, 0.25) is 5.91 Å². The van der Waals surface area contributed by atoms with Gasteiger partial charge < -0.3 is 9.42 Å². The highest BCUT2D eigenvalue weighted by atomic mass is 19.4. The lowest BCUT2D eigenvalue weighted by molar-refractivity contribution is -0.137. The number of nitrogens with zero attached hydrogens (tertiary/aromatic N) is 5. The molecule has 0 aromatic carbocycles. The molecule has 7 nitrogen and oxygen atoms in total. The smallest absolute Gasteiger partial charge is 0.342 e. The molecule has 0 aliphatic carbocycles. The molecule has 0 radical (unpaired) electrons. The molecule has 1 amide bonds. The van der Waals surface area contributed by atoms with Crippen molar-refractivity contribution >= 4 is 17.0 Å². The van der Waals surface area contributed by atoms with E-state index < -0.39 is 11.7 Å². The van der Waals surface area contributed by atoms with Gasteiger partial charge in [-0.2, -0.15) is 18.3 Å². The number of carbonyl (C=O) groups is 1. The van der Waals surface area contributed by atoms with E-state index in [1.54, 1.807) is 28.8 Å². The van der Waals surface area contributed by atoms with Crippen LogP contribution in [0.5, 0.6) is 0 Å². The number of likely N-dealkylation sites (tertiary alicyclic amines) is 1. The first-order valence-corrected chi connectivity index (χ1v) is 10.4. The van der Waals surface area contributed by atoms with Crippen LogP contribution < -0.4 is 0 Å². The van der Waals surface area contributed by atoms with Crippen molar-refractivity contribution in [2.75, 3.05) is 13.1 Å². The fourth-order valence-corrected chi connectivity index (χ4v) is 4.16. The lowest BCUT2D eigenvalue weighted by Crippen LogP contribution is -2.41. The molecule has 31 heavy (non-hydrogen) atoms. The number of aromatic nitrogens is 4. The molecule has 1 saturated heterocycles. The van der Waals surface area contributed by atoms with Gasteiger partial charge in [0.1, 0.15) is 0 Å². The Morgan fingerprint density at radius 3 is 2.68 bits per heavy atom. The number of rotatable bonds is 5. The van der Waals surface area contributed by atoms with E-state index in [4.69, 9.17) is 4.52 Å². The van der Waals surface area contributed by atoms with E-state index >= 15 is 0 Å². The average Bonchev–Trinajstić information content (AvgIpc) is 3.41. The van der Waals surface area contributed by atoms with Crippen LogP contribution in [0.25, 0.3) is 11.1 Å². The SMILES string of the molecule is CCc1cc(C(F)(F)F)c2c(C3CCN(C(=O)[C@H](C)Cn4cccn4)CC3)noc2n1. The highest BCUT2D eigenvalue weighted by Crippen LogP contribution is 2.40. The topological polar surface area (TPSA) is 77.0 Å². The fraction of sp³-hybridized carbons (Fsp3) is 0.524. The fourth-order valence-electron chi connectivity index (χ4n) is 4.16. The molecule has 0 spiro atoms. The third kappa shape index (κ3) is 4.28. The Labute approximate surface area is 177 Å². The summed E-state index contributed by atoms with van der Waals surface area (Å²) >= 11 is 0. The van der Waals surface area contributed by atoms with E-state index in [0.717, 1.165) is 6.07 Å². The monoisotopic (exact) mass is 435 g/mol. The molecule has 10 heteroatoms. The summed E-state index contributed by atoms with van der Waals surface area (Å²) in [6.45, 7) is 5.01. The van der Waals surface area contributed by atoms with Gasteiger partial charge in [-0.1, -0.05) is 19.0 Å². The van der Waals surface area contributed by atoms with Crippen molar-refractivity contribution in [1.82, 2.24) is 24.8 Å². The van der Waals surface area contributed by atoms with Crippen molar-refractivity contribution in [2.24, 2.45) is 5.92 Å². The van der Waals surface area contributed by atoms with Gasteiger partial charge in [0.25, 0.3) is 5.71 Å². The number of carbonyl (C=O) groups excluding carboxylic acids is 1. The third-order valence-electron chi connectivity index (χ3n) is 5.83. The lowest BCUT2D eigenvalue weighted by atomic mass is 9.90. The molecular formula is C21H24F3N5O2. The zero-order valence-electron chi connectivity index (χ0n) is 17.4. The number of amides is 1. The van der Waals surface area contributed by atoms with Crippen LogP contribution in [0.1, 0.15) is 49.6 Å². The molecule has 1 atom stereocenters. The van der Waals surface area contributed by atoms with Gasteiger partial charge in [0.05, 0.1) is 29.1 Å². The Kier molecular flexibility index (Phi) is 5.72. The average molecular weight is 435 g/mol. The van der Waals surface area contributed by atoms with E-state index in [-0.39, 0.29) is 34.5 Å². The van der Waals surface area contributed by atoms with Crippen molar-refractivity contribution in [2.45, 2.75) is 51.7 Å². The molecule has 0 bridgehead atoms. The summed E-state index contributed by atoms with van der Waals surface area (Å²) in [5, 5.41) is 8.05. The number of alkyl halides is 3. The molecule has 1 fully saturated rings. The maximum Gasteiger partial charge on any atom is 0.417 e. The van der Waals surface area contributed by atoms with Crippen molar-refractivity contribution in [3.63, 3.8) is 0 Å². The maximum absolute atomic E-state index is 13.7. The van der Waals surface area contributed by atoms with Crippen LogP contribution in [-0.4, -0.2) is 43.8 Å². The van der Waals surface area contributed by atoms with Crippen molar-refractivity contribution in [3.05, 3.63) is 41.5 Å². The highest BCUT2D eigenvalue weighted by molar-refractivity contribution is 5.82. The van der Waals surface area contributed by atoms with E-state index in [2.05, 4.69) is 15.2 Å². The van der Waals surface area contributed by atoms with Gasteiger partial charge in [-0.15, -0.1) is 0 Å². The van der Waals surface area contributed by atoms with Crippen LogP contribution in [0.15, 0.2) is 29.0 Å². The van der Waals surface area contributed by atoms with Gasteiger partial charge >= 0.3 is 6.18 Å². The second-order valence-corrected chi connectivity index (χ2v) is 7.99. The minimum atomic E-state index is -4.52. The molecule has 166 valence electrons. The summed E-state index contributed by atoms with van der Waals surface area (Å²) in [6, 6.07) is 2.89. The van der Waals surface area contributed by atoms with E-state index in [9.17, 15) is 18.0 Å². The van der Waals surface area contributed by atoms with Crippen molar-refractivity contribution in [1.29, 1.82) is 0 Å². The molecule has 0 unspecified atom stereocenters. The number of fused-ring (bicyclic) bond motifs is 1. The van der Waals surface area contributed by atoms with Gasteiger partial charge in [-0.25, -0.2) is 4.98 Å². The van der Waals surface area contributed by atoms with Crippen molar-refractivity contribution < 1.29 is 22.5 Å². The predicted molar refractivity (Wildman–Crippen MR) is 106 cm³/mol. The summed E-state index contributed by atoms with van der Waals surface area (Å²) in [5.74, 6) is -0.441. The molecule has 0 N–H and O–H groups in total. The molecule has 0 saturated carbocycles. The Bertz CT molecular complexity index is 1050. The predicted octanol–water partition coefficient (Wildman–Crippen LogP) is 4.04. The standard InChI is InChI=1S/C21H24F3N5O2/c1-3-15-11-16(21(22,23)24)17-18(27-31-19(17)26-15)14-5-9-28(10-6-14)20(30)13(2)12-29-8-4-7-25-29/h4,7-8,11,13-14H,3,5-6,9-10,12H2,1-2H3/t13-/m1/s1. The van der Waals surface area contributed by atoms with E-state index in [0.29, 0.717) is 44.6 Å². The molecule has 1 aliphatic heterocycles. The zero-order chi connectivity index (χ0) is 22.2. The number of piperidine rings is 1. The van der Waals surface area contributed by atoms with Crippen LogP contribution in [0, 0.1) is 5.92 Å². The Balaban J connectivity index is 1.50. The lowest BCUT2D eigenvalue weighted by Gasteiger charge is -2.33. The first-order valence-electron chi connectivity index (χ1n) is 10.4. The molecule has 3 aromatic rings. The minimum absolute atomic E-state index is 0.0178. The van der Waals surface area contributed by atoms with Crippen LogP contribution >= 0.6 is 0 Å². The van der Waals surface area contributed by atoms with Crippen LogP contribution in [0.3, 0.4) is 0 Å². The Morgan fingerprint density at radius 2 is 2.06 bits per heavy atom. The second kappa shape index (κ2) is 8.32. The Hall–Kier alpha value is -2.91. The van der Waals surface area contributed by atoms with Crippen molar-refractivity contribution in [3.8, 4) is 0 Å². The minimum Gasteiger partial charge on any atom is -0.342 e. The van der Waals surface area contributed by atoms with Gasteiger partial charge in [-0.3, -0.25) is 9.48 Å². The van der Waals surface area contributed by atoms with E-state index in [1.807, 2.05) is 13.1 Å². The zero-order valence-corrected chi connectivity index (χ0v) is 17.4. The second-order valence-electron chi connectivity index (χ2n) is 7.99. The summed E-state index contributed by atoms with van der Waals surface area (Å²) in [4.78, 5) is 18.7. The van der Waals surface area contributed by atoms with Crippen LogP contribution in [0.2, 0.25) is 0 Å².